The first-order chi connectivity index (χ1) is 8.74. The number of ether oxygens (including phenoxy) is 1. The largest absolute Gasteiger partial charge is 0.394 e. The van der Waals surface area contributed by atoms with Gasteiger partial charge in [0.15, 0.2) is 0 Å². The van der Waals surface area contributed by atoms with Gasteiger partial charge in [-0.15, -0.1) is 0 Å². The third-order valence-corrected chi connectivity index (χ3v) is 4.09. The van der Waals surface area contributed by atoms with Crippen LogP contribution >= 0.6 is 0 Å². The molecule has 1 saturated carbocycles. The van der Waals surface area contributed by atoms with E-state index in [0.29, 0.717) is 6.54 Å². The highest BCUT2D eigenvalue weighted by Crippen LogP contribution is 2.28. The predicted molar refractivity (Wildman–Crippen MR) is 67.9 cm³/mol. The van der Waals surface area contributed by atoms with Crippen molar-refractivity contribution in [3.63, 3.8) is 0 Å². The first kappa shape index (κ1) is 13.8. The molecule has 5 nitrogen and oxygen atoms in total. The minimum atomic E-state index is -0.278. The number of nitrogens with one attached hydrogen (secondary N) is 1. The van der Waals surface area contributed by atoms with Crippen molar-refractivity contribution in [3.05, 3.63) is 0 Å². The van der Waals surface area contributed by atoms with Crippen LogP contribution in [-0.4, -0.2) is 42.4 Å². The van der Waals surface area contributed by atoms with E-state index in [1.54, 1.807) is 0 Å². The molecular formula is C13H24N2O3. The number of nitrogens with two attached hydrogens (primary N) is 1. The van der Waals surface area contributed by atoms with Crippen LogP contribution in [-0.2, 0) is 9.53 Å². The molecule has 1 amide bonds. The molecule has 0 bridgehead atoms. The Morgan fingerprint density at radius 1 is 1.33 bits per heavy atom. The summed E-state index contributed by atoms with van der Waals surface area (Å²) in [6, 6.07) is -0.0443. The molecule has 104 valence electrons. The minimum absolute atomic E-state index is 0.0443. The molecule has 1 aliphatic carbocycles. The lowest BCUT2D eigenvalue weighted by molar-refractivity contribution is -0.134. The van der Waals surface area contributed by atoms with Gasteiger partial charge < -0.3 is 20.9 Å². The van der Waals surface area contributed by atoms with Gasteiger partial charge in [0.05, 0.1) is 18.8 Å². The summed E-state index contributed by atoms with van der Waals surface area (Å²) in [5.41, 5.74) is 5.51. The molecule has 1 saturated heterocycles. The quantitative estimate of drug-likeness (QED) is 0.654. The van der Waals surface area contributed by atoms with E-state index in [0.717, 1.165) is 38.5 Å². The maximum absolute atomic E-state index is 11.9. The van der Waals surface area contributed by atoms with Gasteiger partial charge in [0.25, 0.3) is 0 Å². The summed E-state index contributed by atoms with van der Waals surface area (Å²) in [6.45, 7) is 0.554. The van der Waals surface area contributed by atoms with Crippen molar-refractivity contribution in [2.45, 2.75) is 56.8 Å². The lowest BCUT2D eigenvalue weighted by Crippen LogP contribution is -2.53. The normalized spacial score (nSPS) is 32.9. The van der Waals surface area contributed by atoms with Gasteiger partial charge in [-0.25, -0.2) is 0 Å². The fraction of sp³-hybridized carbons (Fsp3) is 0.923. The van der Waals surface area contributed by atoms with Crippen molar-refractivity contribution < 1.29 is 14.6 Å². The van der Waals surface area contributed by atoms with Gasteiger partial charge in [-0.05, 0) is 38.6 Å². The van der Waals surface area contributed by atoms with Crippen LogP contribution < -0.4 is 11.1 Å². The molecule has 0 aromatic heterocycles. The van der Waals surface area contributed by atoms with Gasteiger partial charge in [0.1, 0.15) is 6.10 Å². The monoisotopic (exact) mass is 256 g/mol. The molecule has 4 N–H and O–H groups in total. The second kappa shape index (κ2) is 6.50. The van der Waals surface area contributed by atoms with Crippen molar-refractivity contribution in [3.8, 4) is 0 Å². The van der Waals surface area contributed by atoms with Gasteiger partial charge in [-0.1, -0.05) is 6.42 Å². The summed E-state index contributed by atoms with van der Waals surface area (Å²) in [5.74, 6) is 0.316. The lowest BCUT2D eigenvalue weighted by atomic mass is 9.84. The van der Waals surface area contributed by atoms with E-state index < -0.39 is 0 Å². The molecular weight excluding hydrogens is 232 g/mol. The third kappa shape index (κ3) is 3.22. The van der Waals surface area contributed by atoms with Crippen LogP contribution in [0.25, 0.3) is 0 Å². The second-order valence-corrected chi connectivity index (χ2v) is 5.38. The average Bonchev–Trinajstić information content (AvgIpc) is 2.29. The highest BCUT2D eigenvalue weighted by atomic mass is 16.5. The first-order valence-electron chi connectivity index (χ1n) is 7.01. The Bertz CT molecular complexity index is 281. The molecule has 0 unspecified atom stereocenters. The van der Waals surface area contributed by atoms with E-state index in [1.165, 1.54) is 0 Å². The number of aliphatic hydroxyl groups is 1. The molecule has 18 heavy (non-hydrogen) atoms. The van der Waals surface area contributed by atoms with E-state index in [-0.39, 0.29) is 36.7 Å². The summed E-state index contributed by atoms with van der Waals surface area (Å²) >= 11 is 0. The van der Waals surface area contributed by atoms with Gasteiger partial charge in [0, 0.05) is 5.92 Å². The molecule has 2 aliphatic rings. The Balaban J connectivity index is 1.82. The Labute approximate surface area is 108 Å². The van der Waals surface area contributed by atoms with Gasteiger partial charge >= 0.3 is 0 Å². The van der Waals surface area contributed by atoms with Crippen molar-refractivity contribution in [2.24, 2.45) is 11.7 Å². The molecule has 3 atom stereocenters. The zero-order valence-corrected chi connectivity index (χ0v) is 10.8. The summed E-state index contributed by atoms with van der Waals surface area (Å²) < 4.78 is 5.78. The summed E-state index contributed by atoms with van der Waals surface area (Å²) in [6.07, 6.45) is 5.60. The van der Waals surface area contributed by atoms with Crippen molar-refractivity contribution >= 4 is 5.91 Å². The smallest absolute Gasteiger partial charge is 0.223 e. The number of hydrogen-bond acceptors (Lipinski definition) is 4. The molecule has 0 aromatic rings. The highest BCUT2D eigenvalue weighted by molar-refractivity contribution is 5.79. The van der Waals surface area contributed by atoms with Gasteiger partial charge in [0.2, 0.25) is 5.91 Å². The van der Waals surface area contributed by atoms with Crippen LogP contribution in [0, 0.1) is 5.92 Å². The third-order valence-electron chi connectivity index (χ3n) is 4.09. The number of rotatable bonds is 5. The van der Waals surface area contributed by atoms with Gasteiger partial charge in [-0.3, -0.25) is 4.79 Å². The van der Waals surface area contributed by atoms with Crippen LogP contribution in [0.1, 0.15) is 38.5 Å². The SMILES string of the molecule is NCC[C@@H]1CC[C@@H](NC(=O)C2CCC2)[C@@H](CO)O1. The Hall–Kier alpha value is -0.650. The molecule has 2 fully saturated rings. The molecule has 2 rings (SSSR count). The second-order valence-electron chi connectivity index (χ2n) is 5.38. The first-order valence-corrected chi connectivity index (χ1v) is 7.01. The van der Waals surface area contributed by atoms with Crippen molar-refractivity contribution in [1.29, 1.82) is 0 Å². The van der Waals surface area contributed by atoms with Crippen molar-refractivity contribution in [2.75, 3.05) is 13.2 Å². The van der Waals surface area contributed by atoms with E-state index >= 15 is 0 Å². The van der Waals surface area contributed by atoms with Crippen LogP contribution in [0.2, 0.25) is 0 Å². The van der Waals surface area contributed by atoms with E-state index in [1.807, 2.05) is 0 Å². The molecule has 0 spiro atoms. The predicted octanol–water partition coefficient (Wildman–Crippen LogP) is 0.160. The fourth-order valence-electron chi connectivity index (χ4n) is 2.67. The Kier molecular flexibility index (Phi) is 4.97. The zero-order chi connectivity index (χ0) is 13.0. The number of carbonyl (C=O) groups excluding carboxylic acids is 1. The minimum Gasteiger partial charge on any atom is -0.394 e. The summed E-state index contributed by atoms with van der Waals surface area (Å²) in [4.78, 5) is 11.9. The van der Waals surface area contributed by atoms with Crippen LogP contribution in [0.15, 0.2) is 0 Å². The Morgan fingerprint density at radius 2 is 2.11 bits per heavy atom. The zero-order valence-electron chi connectivity index (χ0n) is 10.8. The molecule has 1 aliphatic heterocycles. The lowest BCUT2D eigenvalue weighted by Gasteiger charge is -2.37. The van der Waals surface area contributed by atoms with E-state index in [4.69, 9.17) is 10.5 Å². The number of carbonyl (C=O) groups is 1. The molecule has 1 heterocycles. The average molecular weight is 256 g/mol. The molecule has 5 heteroatoms. The number of aliphatic hydroxyl groups excluding tert-OH is 1. The molecule has 0 radical (unpaired) electrons. The summed E-state index contributed by atoms with van der Waals surface area (Å²) in [5, 5.41) is 12.4. The Morgan fingerprint density at radius 3 is 2.67 bits per heavy atom. The van der Waals surface area contributed by atoms with E-state index in [9.17, 15) is 9.90 Å². The topological polar surface area (TPSA) is 84.6 Å². The standard InChI is InChI=1S/C13H24N2O3/c14-7-6-10-4-5-11(12(8-16)18-10)15-13(17)9-2-1-3-9/h9-12,16H,1-8,14H2,(H,15,17)/t10-,11+,12+/m0/s1. The van der Waals surface area contributed by atoms with Gasteiger partial charge in [-0.2, -0.15) is 0 Å². The molecule has 0 aromatic carbocycles. The number of hydrogen-bond donors (Lipinski definition) is 3. The maximum Gasteiger partial charge on any atom is 0.223 e. The maximum atomic E-state index is 11.9. The summed E-state index contributed by atoms with van der Waals surface area (Å²) in [7, 11) is 0. The highest BCUT2D eigenvalue weighted by Gasteiger charge is 2.34. The van der Waals surface area contributed by atoms with E-state index in [2.05, 4.69) is 5.32 Å². The van der Waals surface area contributed by atoms with Crippen LogP contribution in [0.3, 0.4) is 0 Å². The number of amides is 1. The van der Waals surface area contributed by atoms with Crippen LogP contribution in [0.5, 0.6) is 0 Å². The van der Waals surface area contributed by atoms with Crippen molar-refractivity contribution in [1.82, 2.24) is 5.32 Å². The van der Waals surface area contributed by atoms with Crippen LogP contribution in [0.4, 0.5) is 0 Å². The fourth-order valence-corrected chi connectivity index (χ4v) is 2.67.